The van der Waals surface area contributed by atoms with Gasteiger partial charge in [-0.25, -0.2) is 14.4 Å². The Morgan fingerprint density at radius 2 is 1.05 bits per heavy atom. The van der Waals surface area contributed by atoms with Crippen molar-refractivity contribution in [1.82, 2.24) is 39.5 Å². The molecule has 6 heterocycles. The molecule has 4 fully saturated rings. The van der Waals surface area contributed by atoms with Crippen molar-refractivity contribution in [3.63, 3.8) is 0 Å². The van der Waals surface area contributed by atoms with E-state index in [9.17, 15) is 9.13 Å². The molecule has 21 heteroatoms. The summed E-state index contributed by atoms with van der Waals surface area (Å²) in [6, 6.07) is 28.2. The highest BCUT2D eigenvalue weighted by molar-refractivity contribution is 7.71. The van der Waals surface area contributed by atoms with Gasteiger partial charge in [-0.05, 0) is 115 Å². The topological polar surface area (TPSA) is 172 Å². The van der Waals surface area contributed by atoms with E-state index in [1.807, 2.05) is 67.6 Å². The van der Waals surface area contributed by atoms with E-state index < -0.39 is 20.1 Å². The minimum atomic E-state index is -3.17. The van der Waals surface area contributed by atoms with Crippen LogP contribution in [0.1, 0.15) is 31.2 Å². The number of ether oxygens (including phenoxy) is 2. The monoisotopic (exact) mass is 1130 g/mol. The molecule has 4 aliphatic rings. The maximum atomic E-state index is 15.7. The molecule has 0 radical (unpaired) electrons. The number of hydrogen-bond donors (Lipinski definition) is 4. The Hall–Kier alpha value is -6.33. The molecule has 0 amide bonds. The van der Waals surface area contributed by atoms with Crippen LogP contribution in [0.3, 0.4) is 0 Å². The van der Waals surface area contributed by atoms with Gasteiger partial charge in [-0.1, -0.05) is 24.3 Å². The maximum absolute atomic E-state index is 15.7. The summed E-state index contributed by atoms with van der Waals surface area (Å²) in [6.07, 6.45) is 7.43. The summed E-state index contributed by atoms with van der Waals surface area (Å²) in [7, 11) is 0.259. The first-order valence-electron chi connectivity index (χ1n) is 28.1. The lowest BCUT2D eigenvalue weighted by molar-refractivity contribution is 0.0982. The number of aromatic nitrogens is 4. The number of piperazine rings is 2. The van der Waals surface area contributed by atoms with Crippen molar-refractivity contribution in [2.45, 2.75) is 44.7 Å². The van der Waals surface area contributed by atoms with Crippen LogP contribution >= 0.6 is 14.3 Å². The second-order valence-corrected chi connectivity index (χ2v) is 28.7. The molecule has 18 nitrogen and oxygen atoms in total. The quantitative estimate of drug-likeness (QED) is 0.0566. The van der Waals surface area contributed by atoms with Gasteiger partial charge in [-0.2, -0.15) is 9.97 Å². The Bertz CT molecular complexity index is 3190. The van der Waals surface area contributed by atoms with Crippen molar-refractivity contribution in [3.8, 4) is 11.5 Å². The number of rotatable bonds is 19. The summed E-state index contributed by atoms with van der Waals surface area (Å²) < 4.78 is 56.4. The van der Waals surface area contributed by atoms with Crippen molar-refractivity contribution in [1.29, 1.82) is 0 Å². The first kappa shape index (κ1) is 56.9. The number of hydrogen-bond acceptors (Lipinski definition) is 18. The highest BCUT2D eigenvalue weighted by Gasteiger charge is 2.30. The molecule has 0 bridgehead atoms. The number of likely N-dealkylation sites (N-methyl/N-ethyl adjacent to an activating group) is 2. The minimum Gasteiger partial charge on any atom is -0.494 e. The van der Waals surface area contributed by atoms with Gasteiger partial charge in [0.25, 0.3) is 0 Å². The fraction of sp³-hybridized carbons (Fsp3) is 0.458. The fourth-order valence-electron chi connectivity index (χ4n) is 11.4. The SMILES string of the molecule is COc1cc(N2CCC(N3CCN(C)CC3)CC2)ccc1Nc1ncc(F)c(Nc2ccccc2P(C)(=O)CCOc2cc(N3CCC(N4CCN(C)CC4)CC3)ccc2Nc2ncc(C)c(Nc3ccccc3P(C)(C)=O)n2)n1. The molecule has 1 unspecified atom stereocenters. The molecule has 2 aromatic heterocycles. The highest BCUT2D eigenvalue weighted by Crippen LogP contribution is 2.44. The zero-order valence-electron chi connectivity index (χ0n) is 47.5. The molecule has 426 valence electrons. The van der Waals surface area contributed by atoms with Gasteiger partial charge in [-0.15, -0.1) is 0 Å². The molecule has 4 aromatic carbocycles. The summed E-state index contributed by atoms with van der Waals surface area (Å²) >= 11 is 0. The number of aryl methyl sites for hydroxylation is 1. The van der Waals surface area contributed by atoms with Crippen LogP contribution in [0.5, 0.6) is 11.5 Å². The third-order valence-corrected chi connectivity index (χ3v) is 20.3. The number of halogens is 1. The third kappa shape index (κ3) is 13.9. The first-order valence-corrected chi connectivity index (χ1v) is 33.1. The zero-order chi connectivity index (χ0) is 56.0. The Labute approximate surface area is 471 Å². The van der Waals surface area contributed by atoms with Crippen LogP contribution in [0.2, 0.25) is 0 Å². The van der Waals surface area contributed by atoms with Gasteiger partial charge < -0.3 is 59.5 Å². The summed E-state index contributed by atoms with van der Waals surface area (Å²) in [4.78, 5) is 33.3. The number of nitrogens with one attached hydrogen (secondary N) is 4. The van der Waals surface area contributed by atoms with Crippen molar-refractivity contribution < 1.29 is 23.0 Å². The van der Waals surface area contributed by atoms with E-state index in [2.05, 4.69) is 91.8 Å². The normalized spacial score (nSPS) is 18.4. The predicted molar refractivity (Wildman–Crippen MR) is 325 cm³/mol. The van der Waals surface area contributed by atoms with Crippen LogP contribution in [-0.2, 0) is 9.13 Å². The van der Waals surface area contributed by atoms with Gasteiger partial charge >= 0.3 is 0 Å². The van der Waals surface area contributed by atoms with E-state index in [1.165, 1.54) is 0 Å². The van der Waals surface area contributed by atoms with E-state index in [0.717, 1.165) is 138 Å². The minimum absolute atomic E-state index is 0.0678. The van der Waals surface area contributed by atoms with Crippen molar-refractivity contribution in [3.05, 3.63) is 109 Å². The van der Waals surface area contributed by atoms with Crippen LogP contribution in [0.4, 0.5) is 62.0 Å². The number of nitrogens with zero attached hydrogens (tertiary/aromatic N) is 10. The standard InChI is InChI=1S/C59H79FN14O4P2/c1-42-40-61-58(67-56(42)63-50-12-8-10-14-54(50)79(5,6)75)66-49-19-17-46(72-26-22-44(23-27-72)74-34-30-70(3)31-35-74)39-53(49)78-36-37-80(7,76)55-15-11-9-13-51(55)64-57-47(60)41-62-59(68-57)65-48-18-16-45(38-52(48)77-4)71-24-20-43(21-25-71)73-32-28-69(2)29-33-73/h8-19,38-41,43-44H,20-37H2,1-7H3,(H2,61,63,66,67)(H2,62,64,65,68). The lowest BCUT2D eigenvalue weighted by atomic mass is 10.0. The molecular weight excluding hydrogens is 1050 g/mol. The largest absolute Gasteiger partial charge is 0.494 e. The van der Waals surface area contributed by atoms with Gasteiger partial charge in [0.1, 0.15) is 31.6 Å². The molecule has 0 spiro atoms. The van der Waals surface area contributed by atoms with Gasteiger partial charge in [-0.3, -0.25) is 9.80 Å². The maximum Gasteiger partial charge on any atom is 0.229 e. The summed E-state index contributed by atoms with van der Waals surface area (Å²) in [5.74, 6) is 1.54. The van der Waals surface area contributed by atoms with Gasteiger partial charge in [0.05, 0.1) is 42.7 Å². The summed E-state index contributed by atoms with van der Waals surface area (Å²) in [6.45, 7) is 20.0. The van der Waals surface area contributed by atoms with Crippen LogP contribution in [0, 0.1) is 12.7 Å². The summed E-state index contributed by atoms with van der Waals surface area (Å²) in [5.41, 5.74) is 5.41. The van der Waals surface area contributed by atoms with Crippen LogP contribution in [0.25, 0.3) is 0 Å². The average Bonchev–Trinajstić information content (AvgIpc) is 3.46. The van der Waals surface area contributed by atoms with Gasteiger partial charge in [0.2, 0.25) is 11.9 Å². The van der Waals surface area contributed by atoms with Crippen molar-refractivity contribution in [2.24, 2.45) is 0 Å². The van der Waals surface area contributed by atoms with Crippen LogP contribution < -0.4 is 51.1 Å². The Morgan fingerprint density at radius 1 is 0.575 bits per heavy atom. The van der Waals surface area contributed by atoms with Gasteiger partial charge in [0, 0.05) is 143 Å². The van der Waals surface area contributed by atoms with Gasteiger partial charge in [0.15, 0.2) is 11.6 Å². The predicted octanol–water partition coefficient (Wildman–Crippen LogP) is 9.07. The third-order valence-electron chi connectivity index (χ3n) is 16.3. The van der Waals surface area contributed by atoms with E-state index in [0.29, 0.717) is 57.7 Å². The molecule has 10 rings (SSSR count). The van der Waals surface area contributed by atoms with E-state index in [1.54, 1.807) is 45.4 Å². The Morgan fingerprint density at radius 3 is 1.60 bits per heavy atom. The van der Waals surface area contributed by atoms with E-state index >= 15 is 4.39 Å². The number of benzene rings is 4. The van der Waals surface area contributed by atoms with Crippen molar-refractivity contribution >= 4 is 82.5 Å². The second kappa shape index (κ2) is 25.2. The van der Waals surface area contributed by atoms with E-state index in [-0.39, 0.29) is 24.5 Å². The number of anilines is 10. The van der Waals surface area contributed by atoms with Crippen LogP contribution in [0.15, 0.2) is 97.3 Å². The highest BCUT2D eigenvalue weighted by atomic mass is 31.2. The summed E-state index contributed by atoms with van der Waals surface area (Å²) in [5, 5.41) is 14.5. The first-order chi connectivity index (χ1) is 38.6. The second-order valence-electron chi connectivity index (χ2n) is 22.4. The molecule has 80 heavy (non-hydrogen) atoms. The zero-order valence-corrected chi connectivity index (χ0v) is 49.3. The molecule has 0 saturated carbocycles. The Balaban J connectivity index is 0.826. The fourth-order valence-corrected chi connectivity index (χ4v) is 14.3. The average molecular weight is 1130 g/mol. The lowest BCUT2D eigenvalue weighted by Gasteiger charge is -2.42. The number of methoxy groups -OCH3 is 1. The lowest BCUT2D eigenvalue weighted by Crippen LogP contribution is -2.52. The number of para-hydroxylation sites is 2. The molecule has 4 saturated heterocycles. The molecule has 6 aromatic rings. The smallest absolute Gasteiger partial charge is 0.229 e. The molecule has 1 atom stereocenters. The molecular formula is C59H79FN14O4P2. The van der Waals surface area contributed by atoms with Crippen molar-refractivity contribution in [2.75, 3.05) is 164 Å². The molecule has 4 N–H and O–H groups in total. The van der Waals surface area contributed by atoms with Crippen LogP contribution in [-0.4, -0.2) is 184 Å². The van der Waals surface area contributed by atoms with E-state index in [4.69, 9.17) is 14.5 Å². The molecule has 4 aliphatic heterocycles. The Kier molecular flexibility index (Phi) is 17.9. The molecule has 0 aliphatic carbocycles. The number of piperidine rings is 2.